The van der Waals surface area contributed by atoms with E-state index in [1.165, 1.54) is 0 Å². The zero-order valence-electron chi connectivity index (χ0n) is 18.2. The second-order valence-electron chi connectivity index (χ2n) is 7.95. The van der Waals surface area contributed by atoms with Gasteiger partial charge < -0.3 is 9.80 Å². The molecular weight excluding hydrogens is 386 g/mol. The van der Waals surface area contributed by atoms with Gasteiger partial charge in [0.25, 0.3) is 5.91 Å². The minimum Gasteiger partial charge on any atom is -0.336 e. The largest absolute Gasteiger partial charge is 0.336 e. The monoisotopic (exact) mass is 415 g/mol. The Morgan fingerprint density at radius 1 is 0.871 bits per heavy atom. The molecule has 0 unspecified atom stereocenters. The molecule has 31 heavy (non-hydrogen) atoms. The Kier molecular flexibility index (Phi) is 6.33. The molecule has 0 N–H and O–H groups in total. The van der Waals surface area contributed by atoms with Crippen LogP contribution in [-0.4, -0.2) is 60.4 Å². The second-order valence-corrected chi connectivity index (χ2v) is 7.95. The van der Waals surface area contributed by atoms with Crippen LogP contribution >= 0.6 is 0 Å². The van der Waals surface area contributed by atoms with Crippen LogP contribution in [0.1, 0.15) is 24.2 Å². The van der Waals surface area contributed by atoms with E-state index in [0.717, 1.165) is 16.5 Å². The van der Waals surface area contributed by atoms with E-state index in [1.807, 2.05) is 78.2 Å². The van der Waals surface area contributed by atoms with Gasteiger partial charge in [-0.15, -0.1) is 0 Å². The first kappa shape index (κ1) is 21.1. The highest BCUT2D eigenvalue weighted by molar-refractivity contribution is 6.05. The molecule has 3 aromatic carbocycles. The summed E-state index contributed by atoms with van der Waals surface area (Å²) in [6.45, 7) is 7.26. The number of fused-ring (bicyclic) bond motifs is 1. The summed E-state index contributed by atoms with van der Waals surface area (Å²) in [5, 5.41) is 2.22. The Morgan fingerprint density at radius 3 is 2.23 bits per heavy atom. The van der Waals surface area contributed by atoms with Crippen LogP contribution in [-0.2, 0) is 4.79 Å². The zero-order valence-corrected chi connectivity index (χ0v) is 18.2. The Labute approximate surface area is 183 Å². The molecule has 0 spiro atoms. The first-order valence-corrected chi connectivity index (χ1v) is 11.0. The van der Waals surface area contributed by atoms with Gasteiger partial charge in [-0.25, -0.2) is 0 Å². The maximum Gasteiger partial charge on any atom is 0.253 e. The molecule has 1 aliphatic rings. The van der Waals surface area contributed by atoms with Crippen molar-refractivity contribution < 1.29 is 9.59 Å². The molecule has 5 nitrogen and oxygen atoms in total. The molecule has 1 atom stereocenters. The summed E-state index contributed by atoms with van der Waals surface area (Å²) < 4.78 is 0. The van der Waals surface area contributed by atoms with E-state index >= 15 is 0 Å². The summed E-state index contributed by atoms with van der Waals surface area (Å²) >= 11 is 0. The van der Waals surface area contributed by atoms with Crippen molar-refractivity contribution in [1.29, 1.82) is 0 Å². The first-order valence-electron chi connectivity index (χ1n) is 11.0. The van der Waals surface area contributed by atoms with Crippen molar-refractivity contribution >= 4 is 28.3 Å². The number of carbonyl (C=O) groups excluding carboxylic acids is 2. The number of anilines is 1. The van der Waals surface area contributed by atoms with Crippen LogP contribution in [0.15, 0.2) is 72.8 Å². The van der Waals surface area contributed by atoms with E-state index < -0.39 is 0 Å². The quantitative estimate of drug-likeness (QED) is 0.632. The molecule has 1 fully saturated rings. The number of hydrogen-bond donors (Lipinski definition) is 0. The van der Waals surface area contributed by atoms with Gasteiger partial charge in [-0.05, 0) is 37.4 Å². The topological polar surface area (TPSA) is 43.9 Å². The lowest BCUT2D eigenvalue weighted by atomic mass is 10.1. The minimum atomic E-state index is -0.243. The molecule has 0 aliphatic carbocycles. The normalized spacial score (nSPS) is 15.6. The molecule has 3 aromatic rings. The molecular formula is C26H29N3O2. The van der Waals surface area contributed by atoms with Crippen molar-refractivity contribution in [3.63, 3.8) is 0 Å². The number of carbonyl (C=O) groups is 2. The van der Waals surface area contributed by atoms with Crippen molar-refractivity contribution in [1.82, 2.24) is 9.80 Å². The summed E-state index contributed by atoms with van der Waals surface area (Å²) in [6.07, 6.45) is 0. The Bertz CT molecular complexity index is 1050. The number of likely N-dealkylation sites (N-methyl/N-ethyl adjacent to an activating group) is 1. The van der Waals surface area contributed by atoms with E-state index in [4.69, 9.17) is 0 Å². The van der Waals surface area contributed by atoms with Gasteiger partial charge in [0.05, 0.1) is 11.7 Å². The molecule has 0 radical (unpaired) electrons. The van der Waals surface area contributed by atoms with Gasteiger partial charge in [0.1, 0.15) is 0 Å². The molecule has 5 heteroatoms. The van der Waals surface area contributed by atoms with Crippen LogP contribution in [0, 0.1) is 0 Å². The highest BCUT2D eigenvalue weighted by Gasteiger charge is 2.30. The Hall–Kier alpha value is -3.18. The van der Waals surface area contributed by atoms with Crippen LogP contribution < -0.4 is 4.90 Å². The van der Waals surface area contributed by atoms with E-state index in [1.54, 1.807) is 0 Å². The van der Waals surface area contributed by atoms with Crippen molar-refractivity contribution in [3.8, 4) is 0 Å². The lowest BCUT2D eigenvalue weighted by Crippen LogP contribution is -2.55. The van der Waals surface area contributed by atoms with Crippen LogP contribution in [0.25, 0.3) is 10.8 Å². The van der Waals surface area contributed by atoms with Gasteiger partial charge in [-0.2, -0.15) is 0 Å². The Morgan fingerprint density at radius 2 is 1.52 bits per heavy atom. The highest BCUT2D eigenvalue weighted by Crippen LogP contribution is 2.27. The number of amides is 2. The summed E-state index contributed by atoms with van der Waals surface area (Å²) in [5.41, 5.74) is 1.67. The number of benzene rings is 3. The van der Waals surface area contributed by atoms with Gasteiger partial charge in [-0.3, -0.25) is 14.5 Å². The standard InChI is InChI=1S/C26H29N3O2/c1-3-29(24-15-9-13-21-10-7-8-14-23(21)24)25(30)20(2)27-16-18-28(19-17-27)26(31)22-11-5-4-6-12-22/h4-15,20H,3,16-19H2,1-2H3/t20-/m0/s1. The predicted molar refractivity (Wildman–Crippen MR) is 125 cm³/mol. The fourth-order valence-electron chi connectivity index (χ4n) is 4.35. The average molecular weight is 416 g/mol. The van der Waals surface area contributed by atoms with Gasteiger partial charge in [0, 0.05) is 43.7 Å². The molecule has 1 heterocycles. The number of hydrogen-bond acceptors (Lipinski definition) is 3. The summed E-state index contributed by atoms with van der Waals surface area (Å²) in [7, 11) is 0. The third-order valence-corrected chi connectivity index (χ3v) is 6.17. The lowest BCUT2D eigenvalue weighted by molar-refractivity contribution is -0.123. The number of rotatable bonds is 5. The maximum absolute atomic E-state index is 13.5. The molecule has 4 rings (SSSR count). The minimum absolute atomic E-state index is 0.0603. The third kappa shape index (κ3) is 4.32. The SMILES string of the molecule is CCN(C(=O)[C@H](C)N1CCN(C(=O)c2ccccc2)CC1)c1cccc2ccccc12. The molecule has 0 saturated carbocycles. The van der Waals surface area contributed by atoms with Gasteiger partial charge >= 0.3 is 0 Å². The van der Waals surface area contributed by atoms with Crippen LogP contribution in [0.3, 0.4) is 0 Å². The maximum atomic E-state index is 13.5. The summed E-state index contributed by atoms with van der Waals surface area (Å²) in [5.74, 6) is 0.159. The third-order valence-electron chi connectivity index (χ3n) is 6.17. The van der Waals surface area contributed by atoms with Crippen molar-refractivity contribution in [3.05, 3.63) is 78.4 Å². The predicted octanol–water partition coefficient (Wildman–Crippen LogP) is 4.04. The van der Waals surface area contributed by atoms with Crippen molar-refractivity contribution in [2.24, 2.45) is 0 Å². The van der Waals surface area contributed by atoms with E-state index in [-0.39, 0.29) is 17.9 Å². The van der Waals surface area contributed by atoms with Gasteiger partial charge in [-0.1, -0.05) is 54.6 Å². The van der Waals surface area contributed by atoms with E-state index in [0.29, 0.717) is 38.3 Å². The average Bonchev–Trinajstić information content (AvgIpc) is 2.84. The second kappa shape index (κ2) is 9.31. The van der Waals surface area contributed by atoms with Crippen LogP contribution in [0.4, 0.5) is 5.69 Å². The van der Waals surface area contributed by atoms with Crippen molar-refractivity contribution in [2.75, 3.05) is 37.6 Å². The highest BCUT2D eigenvalue weighted by atomic mass is 16.2. The van der Waals surface area contributed by atoms with E-state index in [2.05, 4.69) is 23.1 Å². The van der Waals surface area contributed by atoms with Gasteiger partial charge in [0.2, 0.25) is 5.91 Å². The smallest absolute Gasteiger partial charge is 0.253 e. The fourth-order valence-corrected chi connectivity index (χ4v) is 4.35. The summed E-state index contributed by atoms with van der Waals surface area (Å²) in [6, 6.07) is 23.4. The van der Waals surface area contributed by atoms with Crippen LogP contribution in [0.2, 0.25) is 0 Å². The molecule has 160 valence electrons. The molecule has 2 amide bonds. The first-order chi connectivity index (χ1) is 15.1. The number of nitrogens with zero attached hydrogens (tertiary/aromatic N) is 3. The molecule has 0 aromatic heterocycles. The van der Waals surface area contributed by atoms with Gasteiger partial charge in [0.15, 0.2) is 0 Å². The number of piperazine rings is 1. The molecule has 0 bridgehead atoms. The van der Waals surface area contributed by atoms with E-state index in [9.17, 15) is 9.59 Å². The lowest BCUT2D eigenvalue weighted by Gasteiger charge is -2.39. The Balaban J connectivity index is 1.45. The summed E-state index contributed by atoms with van der Waals surface area (Å²) in [4.78, 5) is 32.1. The van der Waals surface area contributed by atoms with Crippen LogP contribution in [0.5, 0.6) is 0 Å². The van der Waals surface area contributed by atoms with Crippen molar-refractivity contribution in [2.45, 2.75) is 19.9 Å². The zero-order chi connectivity index (χ0) is 21.8. The molecule has 1 saturated heterocycles. The fraction of sp³-hybridized carbons (Fsp3) is 0.308. The molecule has 1 aliphatic heterocycles.